The molecule has 0 aromatic carbocycles. The lowest BCUT2D eigenvalue weighted by molar-refractivity contribution is -0.396. The van der Waals surface area contributed by atoms with Gasteiger partial charge in [-0.05, 0) is 4.92 Å². The Bertz CT molecular complexity index is 669. The Morgan fingerprint density at radius 2 is 1.87 bits per heavy atom. The van der Waals surface area contributed by atoms with Crippen LogP contribution in [0.1, 0.15) is 11.8 Å². The summed E-state index contributed by atoms with van der Waals surface area (Å²) in [7, 11) is -2.67. The minimum absolute atomic E-state index is 0.393. The molecule has 13 heteroatoms. The fourth-order valence-electron chi connectivity index (χ4n) is 2.15. The lowest BCUT2D eigenvalue weighted by atomic mass is 10.2. The third kappa shape index (κ3) is 2.99. The summed E-state index contributed by atoms with van der Waals surface area (Å²) in [5.41, 5.74) is -0.562. The lowest BCUT2D eigenvalue weighted by Gasteiger charge is -2.26. The Hall–Kier alpha value is -1.49. The normalized spacial score (nSPS) is 20.5. The monoisotopic (exact) mass is 355 g/mol. The van der Waals surface area contributed by atoms with Gasteiger partial charge in [0.15, 0.2) is 5.69 Å². The summed E-state index contributed by atoms with van der Waals surface area (Å²) in [5.74, 6) is -0.744. The van der Waals surface area contributed by atoms with Gasteiger partial charge in [-0.2, -0.15) is 13.2 Å². The van der Waals surface area contributed by atoms with Crippen molar-refractivity contribution >= 4 is 13.6 Å². The molecule has 2 aliphatic heterocycles. The van der Waals surface area contributed by atoms with Gasteiger partial charge in [-0.15, -0.1) is 0 Å². The van der Waals surface area contributed by atoms with Crippen LogP contribution in [0.2, 0.25) is 0 Å². The van der Waals surface area contributed by atoms with Crippen LogP contribution in [0, 0.1) is 10.1 Å². The van der Waals surface area contributed by atoms with Crippen LogP contribution >= 0.6 is 7.67 Å². The molecule has 128 valence electrons. The van der Waals surface area contributed by atoms with Crippen LogP contribution in [0.4, 0.5) is 19.1 Å². The fourth-order valence-corrected chi connectivity index (χ4v) is 4.47. The maximum absolute atomic E-state index is 13.4. The maximum Gasteiger partial charge on any atom is 0.434 e. The number of hydrogen-bond acceptors (Lipinski definition) is 5. The molecule has 1 aromatic rings. The molecule has 3 heterocycles. The van der Waals surface area contributed by atoms with E-state index in [0.717, 1.165) is 13.2 Å². The third-order valence-electron chi connectivity index (χ3n) is 3.53. The molecule has 0 radical (unpaired) electrons. The second-order valence-corrected chi connectivity index (χ2v) is 7.55. The minimum atomic E-state index is -4.89. The first kappa shape index (κ1) is 16.4. The molecule has 0 bridgehead atoms. The third-order valence-corrected chi connectivity index (χ3v) is 6.25. The number of hydrogen-bond donors (Lipinski definition) is 0. The van der Waals surface area contributed by atoms with Crippen molar-refractivity contribution in [3.05, 3.63) is 22.0 Å². The first-order chi connectivity index (χ1) is 10.6. The van der Waals surface area contributed by atoms with E-state index < -0.39 is 36.5 Å². The lowest BCUT2D eigenvalue weighted by Crippen LogP contribution is -2.27. The second kappa shape index (κ2) is 5.26. The zero-order valence-corrected chi connectivity index (χ0v) is 12.8. The Morgan fingerprint density at radius 3 is 2.22 bits per heavy atom. The van der Waals surface area contributed by atoms with Gasteiger partial charge in [0.05, 0.1) is 7.05 Å². The maximum atomic E-state index is 13.4. The van der Waals surface area contributed by atoms with Gasteiger partial charge in [0.2, 0.25) is 6.10 Å². The standard InChI is InChI=1S/C10H13F3N5O4P/c1-15-7(6-14-9(15)18(19)20)8(10(11,12)13)22-23(21,16-2-3-16)17-4-5-17/h6,8H,2-5H2,1H3/t8-/m1/s1. The Kier molecular flexibility index (Phi) is 3.75. The summed E-state index contributed by atoms with van der Waals surface area (Å²) >= 11 is 0. The topological polar surface area (TPSA) is 93.3 Å². The predicted octanol–water partition coefficient (Wildman–Crippen LogP) is 1.69. The van der Waals surface area contributed by atoms with Crippen LogP contribution in [-0.2, 0) is 16.1 Å². The molecule has 0 N–H and O–H groups in total. The van der Waals surface area contributed by atoms with Crippen LogP contribution in [0.5, 0.6) is 0 Å². The summed E-state index contributed by atoms with van der Waals surface area (Å²) in [6.45, 7) is 1.57. The highest BCUT2D eigenvalue weighted by Crippen LogP contribution is 2.64. The molecule has 0 aliphatic carbocycles. The van der Waals surface area contributed by atoms with Crippen molar-refractivity contribution in [1.29, 1.82) is 0 Å². The van der Waals surface area contributed by atoms with E-state index >= 15 is 0 Å². The van der Waals surface area contributed by atoms with Crippen molar-refractivity contribution in [1.82, 2.24) is 18.9 Å². The van der Waals surface area contributed by atoms with E-state index in [0.29, 0.717) is 30.7 Å². The Balaban J connectivity index is 1.96. The van der Waals surface area contributed by atoms with E-state index in [2.05, 4.69) is 4.98 Å². The molecule has 2 aliphatic rings. The van der Waals surface area contributed by atoms with Crippen molar-refractivity contribution in [2.24, 2.45) is 7.05 Å². The highest BCUT2D eigenvalue weighted by molar-refractivity contribution is 7.54. The van der Waals surface area contributed by atoms with Crippen LogP contribution in [0.3, 0.4) is 0 Å². The summed E-state index contributed by atoms with van der Waals surface area (Å²) < 4.78 is 61.4. The molecule has 0 unspecified atom stereocenters. The highest BCUT2D eigenvalue weighted by atomic mass is 31.2. The molecule has 2 fully saturated rings. The molecule has 2 saturated heterocycles. The molecular formula is C10H13F3N5O4P. The average molecular weight is 355 g/mol. The number of alkyl halides is 3. The summed E-state index contributed by atoms with van der Waals surface area (Å²) in [5, 5.41) is 10.8. The average Bonchev–Trinajstić information content (AvgIpc) is 3.32. The molecule has 0 spiro atoms. The van der Waals surface area contributed by atoms with Crippen molar-refractivity contribution in [2.75, 3.05) is 26.2 Å². The largest absolute Gasteiger partial charge is 0.434 e. The Morgan fingerprint density at radius 1 is 1.35 bits per heavy atom. The summed E-state index contributed by atoms with van der Waals surface area (Å²) in [6.07, 6.45) is -6.71. The van der Waals surface area contributed by atoms with E-state index in [1.807, 2.05) is 0 Å². The number of rotatable bonds is 6. The quantitative estimate of drug-likeness (QED) is 0.332. The second-order valence-electron chi connectivity index (χ2n) is 5.22. The molecule has 3 rings (SSSR count). The molecule has 23 heavy (non-hydrogen) atoms. The number of imidazole rings is 1. The molecule has 9 nitrogen and oxygen atoms in total. The van der Waals surface area contributed by atoms with Crippen LogP contribution in [-0.4, -0.2) is 56.2 Å². The van der Waals surface area contributed by atoms with Gasteiger partial charge in [0, 0.05) is 26.2 Å². The highest BCUT2D eigenvalue weighted by Gasteiger charge is 2.56. The zero-order valence-electron chi connectivity index (χ0n) is 11.9. The number of halogens is 3. The van der Waals surface area contributed by atoms with E-state index in [1.54, 1.807) is 0 Å². The smallest absolute Gasteiger partial charge is 0.390 e. The number of nitro groups is 1. The summed E-state index contributed by atoms with van der Waals surface area (Å²) in [6, 6.07) is 0. The van der Waals surface area contributed by atoms with Crippen LogP contribution < -0.4 is 0 Å². The molecule has 0 saturated carbocycles. The zero-order chi connectivity index (χ0) is 17.0. The Labute approximate surface area is 128 Å². The molecule has 1 atom stereocenters. The first-order valence-electron chi connectivity index (χ1n) is 6.66. The van der Waals surface area contributed by atoms with Crippen LogP contribution in [0.15, 0.2) is 6.20 Å². The number of nitrogens with zero attached hydrogens (tertiary/aromatic N) is 5. The van der Waals surface area contributed by atoms with E-state index in [-0.39, 0.29) is 0 Å². The predicted molar refractivity (Wildman–Crippen MR) is 70.5 cm³/mol. The van der Waals surface area contributed by atoms with Crippen molar-refractivity contribution in [2.45, 2.75) is 12.3 Å². The molecular weight excluding hydrogens is 342 g/mol. The minimum Gasteiger partial charge on any atom is -0.390 e. The van der Waals surface area contributed by atoms with E-state index in [1.165, 1.54) is 9.34 Å². The van der Waals surface area contributed by atoms with Gasteiger partial charge in [0.25, 0.3) is 0 Å². The van der Waals surface area contributed by atoms with Gasteiger partial charge >= 0.3 is 19.8 Å². The van der Waals surface area contributed by atoms with E-state index in [9.17, 15) is 27.9 Å². The van der Waals surface area contributed by atoms with Gasteiger partial charge in [-0.3, -0.25) is 9.09 Å². The van der Waals surface area contributed by atoms with Gasteiger partial charge in [-0.1, -0.05) is 4.98 Å². The summed E-state index contributed by atoms with van der Waals surface area (Å²) in [4.78, 5) is 13.2. The molecule has 1 aromatic heterocycles. The first-order valence-corrected chi connectivity index (χ1v) is 8.19. The van der Waals surface area contributed by atoms with Crippen molar-refractivity contribution in [3.63, 3.8) is 0 Å². The van der Waals surface area contributed by atoms with Crippen LogP contribution in [0.25, 0.3) is 0 Å². The van der Waals surface area contributed by atoms with Gasteiger partial charge in [0.1, 0.15) is 6.20 Å². The van der Waals surface area contributed by atoms with Crippen molar-refractivity contribution in [3.8, 4) is 0 Å². The fraction of sp³-hybridized carbons (Fsp3) is 0.700. The van der Waals surface area contributed by atoms with Gasteiger partial charge < -0.3 is 10.1 Å². The van der Waals surface area contributed by atoms with Crippen molar-refractivity contribution < 1.29 is 27.2 Å². The SMILES string of the molecule is Cn1c([C@@H](OP(=O)(N2CC2)N2CC2)C(F)(F)F)cnc1[N+](=O)[O-]. The molecule has 0 amide bonds. The number of aromatic nitrogens is 2. The van der Waals surface area contributed by atoms with Gasteiger partial charge in [-0.25, -0.2) is 13.9 Å². The van der Waals surface area contributed by atoms with E-state index in [4.69, 9.17) is 4.52 Å².